The van der Waals surface area contributed by atoms with Crippen molar-refractivity contribution in [1.82, 2.24) is 5.32 Å². The Morgan fingerprint density at radius 2 is 1.88 bits per heavy atom. The minimum atomic E-state index is -0.460. The van der Waals surface area contributed by atoms with Gasteiger partial charge >= 0.3 is 0 Å². The third kappa shape index (κ3) is 10.7. The Bertz CT molecular complexity index is 184. The summed E-state index contributed by atoms with van der Waals surface area (Å²) in [6, 6.07) is 0. The molecule has 0 bridgehead atoms. The zero-order valence-corrected chi connectivity index (χ0v) is 11.7. The quantitative estimate of drug-likeness (QED) is 0.539. The number of hydrogen-bond acceptors (Lipinski definition) is 4. The normalized spacial score (nSPS) is 14.3. The highest BCUT2D eigenvalue weighted by atomic mass is 16.5. The van der Waals surface area contributed by atoms with Crippen LogP contribution < -0.4 is 5.32 Å². The van der Waals surface area contributed by atoms with Gasteiger partial charge in [0.15, 0.2) is 0 Å². The summed E-state index contributed by atoms with van der Waals surface area (Å²) in [7, 11) is 0. The zero-order valence-electron chi connectivity index (χ0n) is 11.7. The van der Waals surface area contributed by atoms with E-state index in [4.69, 9.17) is 9.84 Å². The summed E-state index contributed by atoms with van der Waals surface area (Å²) >= 11 is 0. The van der Waals surface area contributed by atoms with Crippen molar-refractivity contribution in [1.29, 1.82) is 0 Å². The maximum Gasteiger partial charge on any atom is 0.0897 e. The molecule has 0 aromatic rings. The Balaban J connectivity index is 3.53. The van der Waals surface area contributed by atoms with E-state index in [0.29, 0.717) is 25.7 Å². The average molecular weight is 247 g/mol. The van der Waals surface area contributed by atoms with Crippen LogP contribution in [0.15, 0.2) is 0 Å². The second kappa shape index (κ2) is 8.86. The SMILES string of the molecule is CC(C)COCC(O)CNCC(C)(C)CCO. The van der Waals surface area contributed by atoms with Gasteiger partial charge in [0.25, 0.3) is 0 Å². The molecule has 0 spiro atoms. The van der Waals surface area contributed by atoms with E-state index in [-0.39, 0.29) is 12.0 Å². The van der Waals surface area contributed by atoms with Crippen LogP contribution >= 0.6 is 0 Å². The summed E-state index contributed by atoms with van der Waals surface area (Å²) in [5, 5.41) is 21.7. The number of aliphatic hydroxyl groups excluding tert-OH is 2. The van der Waals surface area contributed by atoms with Crippen LogP contribution in [0.3, 0.4) is 0 Å². The van der Waals surface area contributed by atoms with Gasteiger partial charge in [-0.05, 0) is 17.8 Å². The van der Waals surface area contributed by atoms with Crippen molar-refractivity contribution in [3.05, 3.63) is 0 Å². The van der Waals surface area contributed by atoms with Gasteiger partial charge in [0.2, 0.25) is 0 Å². The smallest absolute Gasteiger partial charge is 0.0897 e. The van der Waals surface area contributed by atoms with E-state index in [9.17, 15) is 5.11 Å². The number of hydrogen-bond donors (Lipinski definition) is 3. The topological polar surface area (TPSA) is 61.7 Å². The lowest BCUT2D eigenvalue weighted by Crippen LogP contribution is -2.37. The monoisotopic (exact) mass is 247 g/mol. The standard InChI is InChI=1S/C13H29NO3/c1-11(2)8-17-9-12(16)7-14-10-13(3,4)5-6-15/h11-12,14-16H,5-10H2,1-4H3. The van der Waals surface area contributed by atoms with Crippen LogP contribution in [-0.4, -0.2) is 49.2 Å². The summed E-state index contributed by atoms with van der Waals surface area (Å²) in [6.07, 6.45) is 0.304. The highest BCUT2D eigenvalue weighted by Crippen LogP contribution is 2.17. The van der Waals surface area contributed by atoms with Gasteiger partial charge < -0.3 is 20.3 Å². The van der Waals surface area contributed by atoms with Gasteiger partial charge in [-0.2, -0.15) is 0 Å². The molecule has 0 aromatic carbocycles. The summed E-state index contributed by atoms with van der Waals surface area (Å²) < 4.78 is 5.36. The fourth-order valence-electron chi connectivity index (χ4n) is 1.47. The zero-order chi connectivity index (χ0) is 13.3. The van der Waals surface area contributed by atoms with E-state index in [1.807, 2.05) is 0 Å². The van der Waals surface area contributed by atoms with Crippen molar-refractivity contribution in [2.45, 2.75) is 40.2 Å². The molecule has 0 radical (unpaired) electrons. The molecular weight excluding hydrogens is 218 g/mol. The van der Waals surface area contributed by atoms with Crippen molar-refractivity contribution >= 4 is 0 Å². The molecule has 0 aliphatic heterocycles. The Kier molecular flexibility index (Phi) is 8.78. The summed E-state index contributed by atoms with van der Waals surface area (Å²) in [4.78, 5) is 0. The molecule has 1 unspecified atom stereocenters. The molecule has 3 N–H and O–H groups in total. The molecule has 0 aliphatic carbocycles. The van der Waals surface area contributed by atoms with Crippen LogP contribution in [-0.2, 0) is 4.74 Å². The van der Waals surface area contributed by atoms with Gasteiger partial charge in [0.05, 0.1) is 12.7 Å². The van der Waals surface area contributed by atoms with Gasteiger partial charge in [-0.15, -0.1) is 0 Å². The lowest BCUT2D eigenvalue weighted by molar-refractivity contribution is 0.0250. The second-order valence-electron chi connectivity index (χ2n) is 5.85. The predicted octanol–water partition coefficient (Wildman–Crippen LogP) is 1.02. The van der Waals surface area contributed by atoms with Crippen molar-refractivity contribution in [2.75, 3.05) is 32.9 Å². The molecule has 4 nitrogen and oxygen atoms in total. The summed E-state index contributed by atoms with van der Waals surface area (Å²) in [5.41, 5.74) is 0.0628. The Morgan fingerprint density at radius 3 is 2.41 bits per heavy atom. The van der Waals surface area contributed by atoms with Gasteiger partial charge in [-0.3, -0.25) is 0 Å². The van der Waals surface area contributed by atoms with Crippen LogP contribution in [0.25, 0.3) is 0 Å². The fraction of sp³-hybridized carbons (Fsp3) is 1.00. The maximum absolute atomic E-state index is 9.65. The lowest BCUT2D eigenvalue weighted by Gasteiger charge is -2.24. The fourth-order valence-corrected chi connectivity index (χ4v) is 1.47. The van der Waals surface area contributed by atoms with Crippen LogP contribution in [0.4, 0.5) is 0 Å². The van der Waals surface area contributed by atoms with Gasteiger partial charge in [0, 0.05) is 26.3 Å². The highest BCUT2D eigenvalue weighted by Gasteiger charge is 2.17. The van der Waals surface area contributed by atoms with Gasteiger partial charge in [-0.25, -0.2) is 0 Å². The maximum atomic E-state index is 9.65. The van der Waals surface area contributed by atoms with Crippen molar-refractivity contribution in [3.8, 4) is 0 Å². The molecule has 0 saturated heterocycles. The molecule has 17 heavy (non-hydrogen) atoms. The Morgan fingerprint density at radius 1 is 1.24 bits per heavy atom. The van der Waals surface area contributed by atoms with E-state index >= 15 is 0 Å². The molecule has 0 aromatic heterocycles. The molecule has 0 saturated carbocycles. The van der Waals surface area contributed by atoms with Crippen LogP contribution in [0, 0.1) is 11.3 Å². The second-order valence-corrected chi connectivity index (χ2v) is 5.85. The van der Waals surface area contributed by atoms with E-state index in [1.54, 1.807) is 0 Å². The van der Waals surface area contributed by atoms with Crippen LogP contribution in [0.5, 0.6) is 0 Å². The van der Waals surface area contributed by atoms with Crippen molar-refractivity contribution in [2.24, 2.45) is 11.3 Å². The van der Waals surface area contributed by atoms with Crippen molar-refractivity contribution in [3.63, 3.8) is 0 Å². The molecule has 0 aliphatic rings. The molecule has 0 fully saturated rings. The molecule has 0 heterocycles. The third-order valence-electron chi connectivity index (χ3n) is 2.53. The van der Waals surface area contributed by atoms with Gasteiger partial charge in [0.1, 0.15) is 0 Å². The molecule has 0 amide bonds. The largest absolute Gasteiger partial charge is 0.396 e. The lowest BCUT2D eigenvalue weighted by atomic mass is 9.90. The first-order valence-electron chi connectivity index (χ1n) is 6.45. The number of rotatable bonds is 10. The summed E-state index contributed by atoms with van der Waals surface area (Å²) in [5.74, 6) is 0.499. The molecule has 4 heteroatoms. The molecular formula is C13H29NO3. The Labute approximate surface area is 105 Å². The first-order valence-corrected chi connectivity index (χ1v) is 6.45. The first kappa shape index (κ1) is 16.8. The van der Waals surface area contributed by atoms with Gasteiger partial charge in [-0.1, -0.05) is 27.7 Å². The number of ether oxygens (including phenoxy) is 1. The molecule has 104 valence electrons. The Hall–Kier alpha value is -0.160. The predicted molar refractivity (Wildman–Crippen MR) is 70.0 cm³/mol. The van der Waals surface area contributed by atoms with Crippen molar-refractivity contribution < 1.29 is 14.9 Å². The van der Waals surface area contributed by atoms with E-state index in [2.05, 4.69) is 33.0 Å². The van der Waals surface area contributed by atoms with E-state index in [1.165, 1.54) is 0 Å². The van der Waals surface area contributed by atoms with E-state index < -0.39 is 6.10 Å². The van der Waals surface area contributed by atoms with E-state index in [0.717, 1.165) is 13.0 Å². The van der Waals surface area contributed by atoms with Crippen LogP contribution in [0.1, 0.15) is 34.1 Å². The highest BCUT2D eigenvalue weighted by molar-refractivity contribution is 4.72. The minimum absolute atomic E-state index is 0.0628. The summed E-state index contributed by atoms with van der Waals surface area (Å²) in [6.45, 7) is 11.0. The third-order valence-corrected chi connectivity index (χ3v) is 2.53. The minimum Gasteiger partial charge on any atom is -0.396 e. The number of nitrogens with one attached hydrogen (secondary N) is 1. The number of aliphatic hydroxyl groups is 2. The first-order chi connectivity index (χ1) is 7.87. The van der Waals surface area contributed by atoms with Crippen LogP contribution in [0.2, 0.25) is 0 Å². The molecule has 1 atom stereocenters. The average Bonchev–Trinajstić information content (AvgIpc) is 2.16. The molecule has 0 rings (SSSR count).